The van der Waals surface area contributed by atoms with Gasteiger partial charge < -0.3 is 9.53 Å². The molecule has 0 saturated heterocycles. The number of ether oxygens (including phenoxy) is 1. The number of para-hydroxylation sites is 1. The molecule has 0 bridgehead atoms. The Hall–Kier alpha value is -1.90. The molecule has 1 aromatic heterocycles. The van der Waals surface area contributed by atoms with E-state index in [1.165, 1.54) is 0 Å². The van der Waals surface area contributed by atoms with Crippen molar-refractivity contribution < 1.29 is 9.53 Å². The number of benzene rings is 1. The maximum absolute atomic E-state index is 10.4. The number of fused-ring (bicyclic) bond motifs is 1. The lowest BCUT2D eigenvalue weighted by Crippen LogP contribution is -1.92. The van der Waals surface area contributed by atoms with Crippen LogP contribution >= 0.6 is 0 Å². The molecule has 3 nitrogen and oxygen atoms in total. The molecule has 0 amide bonds. The molecule has 2 aromatic rings. The Morgan fingerprint density at radius 1 is 1.38 bits per heavy atom. The number of carbonyl (C=O) groups excluding carboxylic acids is 1. The third-order valence-electron chi connectivity index (χ3n) is 2.58. The van der Waals surface area contributed by atoms with E-state index in [4.69, 9.17) is 4.74 Å². The van der Waals surface area contributed by atoms with Crippen LogP contribution in [0.2, 0.25) is 0 Å². The average Bonchev–Trinajstić information content (AvgIpc) is 2.35. The summed E-state index contributed by atoms with van der Waals surface area (Å²) in [4.78, 5) is 14.7. The summed E-state index contributed by atoms with van der Waals surface area (Å²) in [5, 5.41) is 1.06. The topological polar surface area (TPSA) is 39.2 Å². The van der Waals surface area contributed by atoms with E-state index in [1.807, 2.05) is 24.3 Å². The van der Waals surface area contributed by atoms with Gasteiger partial charge in [0.2, 0.25) is 0 Å². The van der Waals surface area contributed by atoms with Crippen LogP contribution in [0, 0.1) is 0 Å². The van der Waals surface area contributed by atoms with Crippen LogP contribution in [0.5, 0.6) is 5.75 Å². The van der Waals surface area contributed by atoms with E-state index in [9.17, 15) is 4.79 Å². The highest BCUT2D eigenvalue weighted by Crippen LogP contribution is 2.25. The van der Waals surface area contributed by atoms with Gasteiger partial charge in [0.05, 0.1) is 7.11 Å². The zero-order chi connectivity index (χ0) is 11.4. The molecule has 82 valence electrons. The van der Waals surface area contributed by atoms with Crippen molar-refractivity contribution >= 4 is 17.2 Å². The first-order chi connectivity index (χ1) is 7.86. The summed E-state index contributed by atoms with van der Waals surface area (Å²) >= 11 is 0. The lowest BCUT2D eigenvalue weighted by Gasteiger charge is -2.07. The monoisotopic (exact) mass is 215 g/mol. The second kappa shape index (κ2) is 4.75. The van der Waals surface area contributed by atoms with Crippen molar-refractivity contribution in [3.05, 3.63) is 36.0 Å². The van der Waals surface area contributed by atoms with Crippen molar-refractivity contribution in [2.75, 3.05) is 7.11 Å². The molecule has 2 rings (SSSR count). The van der Waals surface area contributed by atoms with Gasteiger partial charge in [-0.3, -0.25) is 4.98 Å². The number of carbonyl (C=O) groups is 1. The Labute approximate surface area is 94.1 Å². The SMILES string of the molecule is COc1cccc2c(CCC=O)ccnc12. The zero-order valence-corrected chi connectivity index (χ0v) is 9.14. The van der Waals surface area contributed by atoms with Gasteiger partial charge in [-0.2, -0.15) is 0 Å². The zero-order valence-electron chi connectivity index (χ0n) is 9.14. The summed E-state index contributed by atoms with van der Waals surface area (Å²) in [6.45, 7) is 0. The second-order valence-corrected chi connectivity index (χ2v) is 3.53. The van der Waals surface area contributed by atoms with Gasteiger partial charge in [-0.25, -0.2) is 0 Å². The van der Waals surface area contributed by atoms with Crippen LogP contribution in [-0.4, -0.2) is 18.4 Å². The number of rotatable bonds is 4. The Bertz CT molecular complexity index is 508. The van der Waals surface area contributed by atoms with Gasteiger partial charge in [-0.05, 0) is 24.1 Å². The molecular weight excluding hydrogens is 202 g/mol. The van der Waals surface area contributed by atoms with E-state index in [-0.39, 0.29) is 0 Å². The van der Waals surface area contributed by atoms with E-state index in [2.05, 4.69) is 4.98 Å². The van der Waals surface area contributed by atoms with Crippen LogP contribution in [-0.2, 0) is 11.2 Å². The van der Waals surface area contributed by atoms with Gasteiger partial charge in [0, 0.05) is 18.0 Å². The minimum atomic E-state index is 0.538. The molecule has 0 atom stereocenters. The molecule has 0 spiro atoms. The van der Waals surface area contributed by atoms with E-state index in [1.54, 1.807) is 13.3 Å². The standard InChI is InChI=1S/C13H13NO2/c1-16-12-6-2-5-11-10(4-3-9-15)7-8-14-13(11)12/h2,5-9H,3-4H2,1H3. The molecule has 16 heavy (non-hydrogen) atoms. The number of aryl methyl sites for hydroxylation is 1. The van der Waals surface area contributed by atoms with Crippen molar-refractivity contribution in [3.8, 4) is 5.75 Å². The van der Waals surface area contributed by atoms with Crippen molar-refractivity contribution in [1.29, 1.82) is 0 Å². The summed E-state index contributed by atoms with van der Waals surface area (Å²) in [6, 6.07) is 7.78. The van der Waals surface area contributed by atoms with Gasteiger partial charge >= 0.3 is 0 Å². The molecule has 3 heteroatoms. The lowest BCUT2D eigenvalue weighted by molar-refractivity contribution is -0.107. The van der Waals surface area contributed by atoms with E-state index in [0.717, 1.165) is 34.9 Å². The van der Waals surface area contributed by atoms with Crippen molar-refractivity contribution in [2.24, 2.45) is 0 Å². The number of aldehydes is 1. The van der Waals surface area contributed by atoms with Gasteiger partial charge in [0.15, 0.2) is 0 Å². The fraction of sp³-hybridized carbons (Fsp3) is 0.231. The van der Waals surface area contributed by atoms with Crippen LogP contribution in [0.3, 0.4) is 0 Å². The predicted molar refractivity (Wildman–Crippen MR) is 62.7 cm³/mol. The molecule has 1 heterocycles. The average molecular weight is 215 g/mol. The minimum Gasteiger partial charge on any atom is -0.494 e. The first-order valence-electron chi connectivity index (χ1n) is 5.21. The molecule has 0 aliphatic carbocycles. The highest BCUT2D eigenvalue weighted by Gasteiger charge is 2.05. The molecule has 0 saturated carbocycles. The quantitative estimate of drug-likeness (QED) is 0.735. The van der Waals surface area contributed by atoms with Crippen LogP contribution in [0.15, 0.2) is 30.5 Å². The van der Waals surface area contributed by atoms with Gasteiger partial charge in [-0.15, -0.1) is 0 Å². The number of nitrogens with zero attached hydrogens (tertiary/aromatic N) is 1. The summed E-state index contributed by atoms with van der Waals surface area (Å²) in [5.74, 6) is 0.769. The molecule has 0 aliphatic rings. The highest BCUT2D eigenvalue weighted by atomic mass is 16.5. The number of aromatic nitrogens is 1. The molecule has 0 radical (unpaired) electrons. The molecule has 0 unspecified atom stereocenters. The van der Waals surface area contributed by atoms with Crippen molar-refractivity contribution in [2.45, 2.75) is 12.8 Å². The Balaban J connectivity index is 2.54. The summed E-state index contributed by atoms with van der Waals surface area (Å²) in [6.07, 6.45) is 3.98. The second-order valence-electron chi connectivity index (χ2n) is 3.53. The number of pyridine rings is 1. The molecular formula is C13H13NO2. The number of hydrogen-bond donors (Lipinski definition) is 0. The summed E-state index contributed by atoms with van der Waals surface area (Å²) in [7, 11) is 1.63. The maximum atomic E-state index is 10.4. The van der Waals surface area contributed by atoms with Crippen molar-refractivity contribution in [1.82, 2.24) is 4.98 Å². The van der Waals surface area contributed by atoms with E-state index < -0.39 is 0 Å². The molecule has 0 N–H and O–H groups in total. The third-order valence-corrected chi connectivity index (χ3v) is 2.58. The minimum absolute atomic E-state index is 0.538. The molecule has 1 aromatic carbocycles. The number of hydrogen-bond acceptors (Lipinski definition) is 3. The third kappa shape index (κ3) is 1.89. The van der Waals surface area contributed by atoms with E-state index >= 15 is 0 Å². The van der Waals surface area contributed by atoms with Gasteiger partial charge in [0.25, 0.3) is 0 Å². The van der Waals surface area contributed by atoms with E-state index in [0.29, 0.717) is 6.42 Å². The Kier molecular flexibility index (Phi) is 3.15. The highest BCUT2D eigenvalue weighted by molar-refractivity contribution is 5.87. The van der Waals surface area contributed by atoms with Crippen LogP contribution in [0.4, 0.5) is 0 Å². The first kappa shape index (κ1) is 10.6. The summed E-state index contributed by atoms with van der Waals surface area (Å²) < 4.78 is 5.25. The lowest BCUT2D eigenvalue weighted by atomic mass is 10.0. The molecule has 0 aliphatic heterocycles. The van der Waals surface area contributed by atoms with Crippen LogP contribution < -0.4 is 4.74 Å². The van der Waals surface area contributed by atoms with Crippen LogP contribution in [0.25, 0.3) is 10.9 Å². The van der Waals surface area contributed by atoms with Crippen LogP contribution in [0.1, 0.15) is 12.0 Å². The fourth-order valence-electron chi connectivity index (χ4n) is 1.80. The predicted octanol–water partition coefficient (Wildman–Crippen LogP) is 2.37. The summed E-state index contributed by atoms with van der Waals surface area (Å²) in [5.41, 5.74) is 1.99. The van der Waals surface area contributed by atoms with Crippen molar-refractivity contribution in [3.63, 3.8) is 0 Å². The Morgan fingerprint density at radius 2 is 2.25 bits per heavy atom. The Morgan fingerprint density at radius 3 is 3.00 bits per heavy atom. The first-order valence-corrected chi connectivity index (χ1v) is 5.21. The van der Waals surface area contributed by atoms with Gasteiger partial charge in [-0.1, -0.05) is 12.1 Å². The fourth-order valence-corrected chi connectivity index (χ4v) is 1.80. The maximum Gasteiger partial charge on any atom is 0.145 e. The normalized spacial score (nSPS) is 10.3. The number of methoxy groups -OCH3 is 1. The smallest absolute Gasteiger partial charge is 0.145 e. The molecule has 0 fully saturated rings. The van der Waals surface area contributed by atoms with Gasteiger partial charge in [0.1, 0.15) is 17.6 Å². The largest absolute Gasteiger partial charge is 0.494 e.